The van der Waals surface area contributed by atoms with Gasteiger partial charge in [0.15, 0.2) is 11.2 Å². The van der Waals surface area contributed by atoms with Crippen molar-refractivity contribution in [1.82, 2.24) is 29.5 Å². The number of hydrogen-bond acceptors (Lipinski definition) is 10. The van der Waals surface area contributed by atoms with E-state index in [0.29, 0.717) is 67.2 Å². The first-order valence-corrected chi connectivity index (χ1v) is 16.6. The molecule has 2 saturated heterocycles. The number of nitrogens with two attached hydrogens (primary N) is 1. The van der Waals surface area contributed by atoms with Gasteiger partial charge in [0.1, 0.15) is 11.9 Å². The fraction of sp³-hybridized carbons (Fsp3) is 0.351. The molecule has 0 spiro atoms. The largest absolute Gasteiger partial charge is 0.383 e. The molecule has 49 heavy (non-hydrogen) atoms. The van der Waals surface area contributed by atoms with Gasteiger partial charge in [-0.2, -0.15) is 15.3 Å². The highest BCUT2D eigenvalue weighted by Gasteiger charge is 2.21. The normalized spacial score (nSPS) is 16.9. The number of carbonyl (C=O) groups excluding carboxylic acids is 1. The van der Waals surface area contributed by atoms with Crippen molar-refractivity contribution in [1.29, 1.82) is 0 Å². The first kappa shape index (κ1) is 32.5. The quantitative estimate of drug-likeness (QED) is 0.214. The minimum atomic E-state index is -0.313. The van der Waals surface area contributed by atoms with Crippen LogP contribution in [-0.2, 0) is 33.7 Å². The van der Waals surface area contributed by atoms with Gasteiger partial charge in [-0.1, -0.05) is 29.8 Å². The Hall–Kier alpha value is -5.04. The van der Waals surface area contributed by atoms with E-state index < -0.39 is 0 Å². The van der Waals surface area contributed by atoms with Crippen LogP contribution >= 0.6 is 0 Å². The maximum Gasteiger partial charge on any atom is 0.200 e. The van der Waals surface area contributed by atoms with Crippen molar-refractivity contribution < 1.29 is 19.0 Å². The zero-order valence-electron chi connectivity index (χ0n) is 27.5. The number of anilines is 1. The van der Waals surface area contributed by atoms with E-state index in [1.807, 2.05) is 58.9 Å². The van der Waals surface area contributed by atoms with Crippen LogP contribution in [0.1, 0.15) is 34.5 Å². The number of hydrogen-bond donors (Lipinski definition) is 1. The molecule has 6 heterocycles. The molecular weight excluding hydrogens is 622 g/mol. The second-order valence-electron chi connectivity index (χ2n) is 12.7. The molecule has 0 radical (unpaired) electrons. The number of ether oxygens (including phenoxy) is 3. The van der Waals surface area contributed by atoms with E-state index >= 15 is 0 Å². The number of carbonyl (C=O) groups is 1. The number of pyridine rings is 2. The van der Waals surface area contributed by atoms with Crippen LogP contribution in [0.3, 0.4) is 0 Å². The maximum atomic E-state index is 13.7. The highest BCUT2D eigenvalue weighted by Crippen LogP contribution is 2.28. The molecule has 12 nitrogen and oxygen atoms in total. The van der Waals surface area contributed by atoms with Crippen molar-refractivity contribution in [2.75, 3.05) is 38.8 Å². The number of aromatic nitrogens is 6. The van der Waals surface area contributed by atoms with Gasteiger partial charge in [0.05, 0.1) is 55.9 Å². The minimum absolute atomic E-state index is 0.0440. The molecule has 2 aliphatic rings. The van der Waals surface area contributed by atoms with E-state index in [2.05, 4.69) is 20.3 Å². The lowest BCUT2D eigenvalue weighted by Crippen LogP contribution is -2.32. The first-order chi connectivity index (χ1) is 23.9. The molecule has 4 aromatic heterocycles. The van der Waals surface area contributed by atoms with Crippen LogP contribution in [0.4, 0.5) is 5.82 Å². The van der Waals surface area contributed by atoms with Crippen LogP contribution in [0.25, 0.3) is 33.5 Å². The van der Waals surface area contributed by atoms with Crippen molar-refractivity contribution in [2.24, 2.45) is 5.92 Å². The molecule has 0 saturated carbocycles. The lowest BCUT2D eigenvalue weighted by molar-refractivity contribution is -0.0946. The van der Waals surface area contributed by atoms with Crippen molar-refractivity contribution in [3.05, 3.63) is 100 Å². The maximum absolute atomic E-state index is 13.7. The molecule has 0 aliphatic carbocycles. The monoisotopic (exact) mass is 661 g/mol. The summed E-state index contributed by atoms with van der Waals surface area (Å²) in [5.41, 5.74) is 11.8. The van der Waals surface area contributed by atoms with Crippen molar-refractivity contribution in [3.63, 3.8) is 0 Å². The molecule has 1 aromatic carbocycles. The van der Waals surface area contributed by atoms with Gasteiger partial charge in [-0.05, 0) is 49.4 Å². The van der Waals surface area contributed by atoms with Gasteiger partial charge in [0, 0.05) is 66.8 Å². The Labute approximate surface area is 283 Å². The Morgan fingerprint density at radius 3 is 2.47 bits per heavy atom. The molecule has 1 atom stereocenters. The number of ketones is 1. The standard InChI is InChI=1S/C37H39N7O5/c1-24-2-4-26(5-3-24)32-21-43(18-25-8-10-47-11-9-25)22-33(36(32)46)35(45)15-29-6-7-34(42-41-29)31-14-27(16-39-37(31)38)28-17-40-44(19-28)20-30-23-48-12-13-49-30/h2-7,14,16-17,19,21-22,25,30H,8-13,15,18,20,23H2,1H3,(H2,38,39)/t30-/m0/s1. The zero-order valence-corrected chi connectivity index (χ0v) is 27.5. The summed E-state index contributed by atoms with van der Waals surface area (Å²) in [6.45, 7) is 6.46. The van der Waals surface area contributed by atoms with Crippen LogP contribution < -0.4 is 11.2 Å². The molecule has 0 amide bonds. The topological polar surface area (TPSA) is 149 Å². The van der Waals surface area contributed by atoms with Crippen LogP contribution in [0, 0.1) is 12.8 Å². The Bertz CT molecular complexity index is 1980. The third-order valence-corrected chi connectivity index (χ3v) is 9.05. The van der Waals surface area contributed by atoms with E-state index in [-0.39, 0.29) is 29.3 Å². The molecule has 7 rings (SSSR count). The van der Waals surface area contributed by atoms with Crippen molar-refractivity contribution in [2.45, 2.75) is 45.4 Å². The second kappa shape index (κ2) is 14.6. The van der Waals surface area contributed by atoms with E-state index in [0.717, 1.165) is 48.3 Å². The predicted molar refractivity (Wildman–Crippen MR) is 184 cm³/mol. The number of benzene rings is 1. The van der Waals surface area contributed by atoms with Gasteiger partial charge in [-0.15, -0.1) is 0 Å². The SMILES string of the molecule is Cc1ccc(-c2cn(CC3CCOCC3)cc(C(=O)Cc3ccc(-c4cc(-c5cnn(C[C@H]6COCCO6)c5)cnc4N)nn3)c2=O)cc1. The van der Waals surface area contributed by atoms with Gasteiger partial charge >= 0.3 is 0 Å². The summed E-state index contributed by atoms with van der Waals surface area (Å²) < 4.78 is 20.6. The van der Waals surface area contributed by atoms with E-state index in [1.54, 1.807) is 30.7 Å². The number of rotatable bonds is 10. The van der Waals surface area contributed by atoms with E-state index in [9.17, 15) is 9.59 Å². The summed E-state index contributed by atoms with van der Waals surface area (Å²) in [5, 5.41) is 13.2. The van der Waals surface area contributed by atoms with Crippen LogP contribution in [0.5, 0.6) is 0 Å². The highest BCUT2D eigenvalue weighted by atomic mass is 16.6. The zero-order chi connectivity index (χ0) is 33.7. The third kappa shape index (κ3) is 7.67. The number of nitrogen functional groups attached to an aromatic ring is 1. The van der Waals surface area contributed by atoms with Gasteiger partial charge in [0.25, 0.3) is 0 Å². The molecule has 2 N–H and O–H groups in total. The van der Waals surface area contributed by atoms with Crippen LogP contribution in [0.2, 0.25) is 0 Å². The van der Waals surface area contributed by atoms with Crippen molar-refractivity contribution >= 4 is 11.6 Å². The Morgan fingerprint density at radius 2 is 1.71 bits per heavy atom. The fourth-order valence-corrected chi connectivity index (χ4v) is 6.26. The number of nitrogens with zero attached hydrogens (tertiary/aromatic N) is 6. The molecule has 2 fully saturated rings. The summed E-state index contributed by atoms with van der Waals surface area (Å²) in [4.78, 5) is 31.8. The molecule has 12 heteroatoms. The number of Topliss-reactive ketones (excluding diaryl/α,β-unsaturated/α-hetero) is 1. The smallest absolute Gasteiger partial charge is 0.200 e. The summed E-state index contributed by atoms with van der Waals surface area (Å²) in [6.07, 6.45) is 10.7. The second-order valence-corrected chi connectivity index (χ2v) is 12.7. The Morgan fingerprint density at radius 1 is 0.878 bits per heavy atom. The molecule has 5 aromatic rings. The van der Waals surface area contributed by atoms with Crippen LogP contribution in [-0.4, -0.2) is 74.5 Å². The average molecular weight is 662 g/mol. The molecule has 0 unspecified atom stereocenters. The lowest BCUT2D eigenvalue weighted by Gasteiger charge is -2.23. The highest BCUT2D eigenvalue weighted by molar-refractivity contribution is 5.98. The third-order valence-electron chi connectivity index (χ3n) is 9.05. The molecule has 252 valence electrons. The fourth-order valence-electron chi connectivity index (χ4n) is 6.26. The van der Waals surface area contributed by atoms with Gasteiger partial charge in [-0.25, -0.2) is 4.98 Å². The summed E-state index contributed by atoms with van der Waals surface area (Å²) in [7, 11) is 0. The lowest BCUT2D eigenvalue weighted by atomic mass is 9.98. The Kier molecular flexibility index (Phi) is 9.69. The summed E-state index contributed by atoms with van der Waals surface area (Å²) in [6, 6.07) is 13.2. The number of aryl methyl sites for hydroxylation is 1. The summed E-state index contributed by atoms with van der Waals surface area (Å²) >= 11 is 0. The van der Waals surface area contributed by atoms with Crippen LogP contribution in [0.15, 0.2) is 78.2 Å². The molecular formula is C37H39N7O5. The van der Waals surface area contributed by atoms with Gasteiger partial charge < -0.3 is 24.5 Å². The Balaban J connectivity index is 1.10. The van der Waals surface area contributed by atoms with Crippen molar-refractivity contribution in [3.8, 4) is 33.5 Å². The average Bonchev–Trinajstić information content (AvgIpc) is 3.59. The molecule has 2 aliphatic heterocycles. The first-order valence-electron chi connectivity index (χ1n) is 16.6. The van der Waals surface area contributed by atoms with Gasteiger partial charge in [0.2, 0.25) is 0 Å². The minimum Gasteiger partial charge on any atom is -0.383 e. The summed E-state index contributed by atoms with van der Waals surface area (Å²) in [5.74, 6) is 0.401. The van der Waals surface area contributed by atoms with Gasteiger partial charge in [-0.3, -0.25) is 14.3 Å². The van der Waals surface area contributed by atoms with E-state index in [1.165, 1.54) is 0 Å². The predicted octanol–water partition coefficient (Wildman–Crippen LogP) is 4.39. The molecule has 0 bridgehead atoms. The van der Waals surface area contributed by atoms with E-state index in [4.69, 9.17) is 19.9 Å².